The van der Waals surface area contributed by atoms with Gasteiger partial charge in [0.05, 0.1) is 0 Å². The first-order valence-corrected chi connectivity index (χ1v) is 5.12. The summed E-state index contributed by atoms with van der Waals surface area (Å²) in [6, 6.07) is 5.03. The van der Waals surface area contributed by atoms with E-state index in [1.54, 1.807) is 6.07 Å². The summed E-state index contributed by atoms with van der Waals surface area (Å²) in [6.07, 6.45) is 1.79. The molecule has 76 valence electrons. The molecular formula is C12H15FO. The normalized spacial score (nSPS) is 25.1. The highest BCUT2D eigenvalue weighted by molar-refractivity contribution is 5.38. The van der Waals surface area contributed by atoms with E-state index in [1.165, 1.54) is 11.6 Å². The van der Waals surface area contributed by atoms with E-state index in [0.717, 1.165) is 18.4 Å². The molecule has 1 aromatic carbocycles. The van der Waals surface area contributed by atoms with E-state index in [9.17, 15) is 4.39 Å². The lowest BCUT2D eigenvalue weighted by atomic mass is 9.98. The summed E-state index contributed by atoms with van der Waals surface area (Å²) in [5.41, 5.74) is 2.36. The van der Waals surface area contributed by atoms with E-state index in [2.05, 4.69) is 6.92 Å². The molecule has 2 rings (SSSR count). The van der Waals surface area contributed by atoms with Crippen LogP contribution >= 0.6 is 0 Å². The number of halogens is 1. The van der Waals surface area contributed by atoms with Crippen molar-refractivity contribution in [2.24, 2.45) is 0 Å². The first kappa shape index (κ1) is 9.66. The van der Waals surface area contributed by atoms with Gasteiger partial charge in [0.15, 0.2) is 0 Å². The van der Waals surface area contributed by atoms with Crippen molar-refractivity contribution in [1.82, 2.24) is 0 Å². The second-order valence-electron chi connectivity index (χ2n) is 4.12. The first-order chi connectivity index (χ1) is 6.72. The molecule has 0 radical (unpaired) electrons. The Hall–Kier alpha value is -0.890. The summed E-state index contributed by atoms with van der Waals surface area (Å²) >= 11 is 0. The fourth-order valence-corrected chi connectivity index (χ4v) is 2.46. The van der Waals surface area contributed by atoms with Gasteiger partial charge in [0, 0.05) is 6.61 Å². The van der Waals surface area contributed by atoms with E-state index in [-0.39, 0.29) is 12.4 Å². The number of aliphatic hydroxyl groups excluding tert-OH is 1. The van der Waals surface area contributed by atoms with E-state index >= 15 is 0 Å². The summed E-state index contributed by atoms with van der Waals surface area (Å²) < 4.78 is 13.0. The molecule has 2 atom stereocenters. The van der Waals surface area contributed by atoms with Crippen LogP contribution in [-0.4, -0.2) is 11.7 Å². The molecule has 1 aromatic rings. The van der Waals surface area contributed by atoms with Crippen LogP contribution in [0.5, 0.6) is 0 Å². The van der Waals surface area contributed by atoms with Crippen LogP contribution in [0.15, 0.2) is 18.2 Å². The highest BCUT2D eigenvalue weighted by Gasteiger charge is 2.27. The zero-order chi connectivity index (χ0) is 10.1. The Morgan fingerprint density at radius 3 is 2.93 bits per heavy atom. The van der Waals surface area contributed by atoms with Crippen molar-refractivity contribution < 1.29 is 9.50 Å². The van der Waals surface area contributed by atoms with E-state index < -0.39 is 0 Å². The fraction of sp³-hybridized carbons (Fsp3) is 0.500. The number of hydrogen-bond donors (Lipinski definition) is 1. The van der Waals surface area contributed by atoms with Gasteiger partial charge in [-0.2, -0.15) is 0 Å². The van der Waals surface area contributed by atoms with Crippen LogP contribution in [0.4, 0.5) is 4.39 Å². The van der Waals surface area contributed by atoms with Crippen LogP contribution in [-0.2, 0) is 0 Å². The van der Waals surface area contributed by atoms with Gasteiger partial charge in [-0.1, -0.05) is 13.0 Å². The maximum atomic E-state index is 13.0. The zero-order valence-electron chi connectivity index (χ0n) is 8.33. The molecule has 1 aliphatic carbocycles. The minimum atomic E-state index is -0.166. The molecule has 2 unspecified atom stereocenters. The van der Waals surface area contributed by atoms with Gasteiger partial charge in [0.1, 0.15) is 5.82 Å². The van der Waals surface area contributed by atoms with Crippen LogP contribution in [0.3, 0.4) is 0 Å². The minimum absolute atomic E-state index is 0.166. The third-order valence-electron chi connectivity index (χ3n) is 3.14. The molecule has 0 amide bonds. The van der Waals surface area contributed by atoms with Crippen LogP contribution < -0.4 is 0 Å². The fourth-order valence-electron chi connectivity index (χ4n) is 2.46. The average Bonchev–Trinajstić information content (AvgIpc) is 2.44. The van der Waals surface area contributed by atoms with E-state index in [1.807, 2.05) is 6.07 Å². The summed E-state index contributed by atoms with van der Waals surface area (Å²) in [7, 11) is 0. The van der Waals surface area contributed by atoms with Crippen LogP contribution in [0, 0.1) is 5.82 Å². The van der Waals surface area contributed by atoms with Crippen molar-refractivity contribution in [3.8, 4) is 0 Å². The Balaban J connectivity index is 2.35. The third kappa shape index (κ3) is 1.55. The molecule has 2 heteroatoms. The number of benzene rings is 1. The standard InChI is InChI=1S/C12H15FO/c1-8-6-9(4-5-14)12-7-10(13)2-3-11(8)12/h2-3,7-9,14H,4-6H2,1H3. The van der Waals surface area contributed by atoms with Crippen molar-refractivity contribution in [2.75, 3.05) is 6.61 Å². The van der Waals surface area contributed by atoms with E-state index in [4.69, 9.17) is 5.11 Å². The number of hydrogen-bond acceptors (Lipinski definition) is 1. The van der Waals surface area contributed by atoms with Gasteiger partial charge in [0.25, 0.3) is 0 Å². The van der Waals surface area contributed by atoms with E-state index in [0.29, 0.717) is 11.8 Å². The predicted molar refractivity (Wildman–Crippen MR) is 53.9 cm³/mol. The molecular weight excluding hydrogens is 179 g/mol. The van der Waals surface area contributed by atoms with Gasteiger partial charge in [-0.05, 0) is 47.9 Å². The van der Waals surface area contributed by atoms with Crippen molar-refractivity contribution in [3.63, 3.8) is 0 Å². The van der Waals surface area contributed by atoms with Crippen LogP contribution in [0.25, 0.3) is 0 Å². The van der Waals surface area contributed by atoms with Gasteiger partial charge in [-0.25, -0.2) is 4.39 Å². The highest BCUT2D eigenvalue weighted by atomic mass is 19.1. The van der Waals surface area contributed by atoms with Crippen LogP contribution in [0.1, 0.15) is 42.7 Å². The van der Waals surface area contributed by atoms with Crippen molar-refractivity contribution in [3.05, 3.63) is 35.1 Å². The third-order valence-corrected chi connectivity index (χ3v) is 3.14. The molecule has 0 fully saturated rings. The van der Waals surface area contributed by atoms with Crippen molar-refractivity contribution in [2.45, 2.75) is 31.6 Å². The summed E-state index contributed by atoms with van der Waals surface area (Å²) in [6.45, 7) is 2.35. The van der Waals surface area contributed by atoms with Crippen LogP contribution in [0.2, 0.25) is 0 Å². The molecule has 0 bridgehead atoms. The van der Waals surface area contributed by atoms with Gasteiger partial charge >= 0.3 is 0 Å². The molecule has 0 aliphatic heterocycles. The molecule has 0 aromatic heterocycles. The average molecular weight is 194 g/mol. The molecule has 0 saturated carbocycles. The summed E-state index contributed by atoms with van der Waals surface area (Å²) in [5.74, 6) is 0.684. The van der Waals surface area contributed by atoms with Gasteiger partial charge in [-0.3, -0.25) is 0 Å². The summed E-state index contributed by atoms with van der Waals surface area (Å²) in [4.78, 5) is 0. The summed E-state index contributed by atoms with van der Waals surface area (Å²) in [5, 5.41) is 8.91. The number of rotatable bonds is 2. The lowest BCUT2D eigenvalue weighted by Gasteiger charge is -2.08. The van der Waals surface area contributed by atoms with Crippen molar-refractivity contribution >= 4 is 0 Å². The predicted octanol–water partition coefficient (Wildman–Crippen LogP) is 2.80. The Labute approximate surface area is 83.6 Å². The topological polar surface area (TPSA) is 20.2 Å². The molecule has 0 saturated heterocycles. The molecule has 0 spiro atoms. The maximum absolute atomic E-state index is 13.0. The largest absolute Gasteiger partial charge is 0.396 e. The minimum Gasteiger partial charge on any atom is -0.396 e. The lowest BCUT2D eigenvalue weighted by Crippen LogP contribution is -1.97. The Morgan fingerprint density at radius 1 is 1.43 bits per heavy atom. The second-order valence-corrected chi connectivity index (χ2v) is 4.12. The Morgan fingerprint density at radius 2 is 2.21 bits per heavy atom. The van der Waals surface area contributed by atoms with Gasteiger partial charge < -0.3 is 5.11 Å². The molecule has 1 nitrogen and oxygen atoms in total. The number of fused-ring (bicyclic) bond motifs is 1. The molecule has 14 heavy (non-hydrogen) atoms. The van der Waals surface area contributed by atoms with Crippen molar-refractivity contribution in [1.29, 1.82) is 0 Å². The zero-order valence-corrected chi connectivity index (χ0v) is 8.33. The Bertz CT molecular complexity index is 335. The maximum Gasteiger partial charge on any atom is 0.123 e. The first-order valence-electron chi connectivity index (χ1n) is 5.12. The SMILES string of the molecule is CC1CC(CCO)c2cc(F)ccc21. The monoisotopic (exact) mass is 194 g/mol. The Kier molecular flexibility index (Phi) is 2.55. The quantitative estimate of drug-likeness (QED) is 0.767. The lowest BCUT2D eigenvalue weighted by molar-refractivity contribution is 0.274. The molecule has 1 aliphatic rings. The molecule has 1 N–H and O–H groups in total. The highest BCUT2D eigenvalue weighted by Crippen LogP contribution is 2.43. The number of aliphatic hydroxyl groups is 1. The molecule has 0 heterocycles. The smallest absolute Gasteiger partial charge is 0.123 e. The van der Waals surface area contributed by atoms with Gasteiger partial charge in [0.2, 0.25) is 0 Å². The van der Waals surface area contributed by atoms with Gasteiger partial charge in [-0.15, -0.1) is 0 Å². The second kappa shape index (κ2) is 3.70.